The van der Waals surface area contributed by atoms with Crippen molar-refractivity contribution in [1.82, 2.24) is 0 Å². The van der Waals surface area contributed by atoms with Gasteiger partial charge in [0.2, 0.25) is 9.84 Å². The number of anilines is 2. The van der Waals surface area contributed by atoms with E-state index in [1.54, 1.807) is 36.0 Å². The average molecular weight is 374 g/mol. The van der Waals surface area contributed by atoms with Crippen molar-refractivity contribution < 1.29 is 8.42 Å². The zero-order valence-corrected chi connectivity index (χ0v) is 14.8. The molecule has 3 aromatic carbocycles. The highest BCUT2D eigenvalue weighted by molar-refractivity contribution is 7.99. The number of nitrogens with one attached hydrogen (secondary N) is 1. The van der Waals surface area contributed by atoms with Crippen molar-refractivity contribution in [2.75, 3.05) is 5.32 Å². The van der Waals surface area contributed by atoms with Crippen LogP contribution in [0.1, 0.15) is 0 Å². The highest BCUT2D eigenvalue weighted by Crippen LogP contribution is 2.47. The fraction of sp³-hybridized carbons (Fsp3) is 0. The molecule has 6 heteroatoms. The van der Waals surface area contributed by atoms with E-state index >= 15 is 0 Å². The molecule has 0 saturated carbocycles. The van der Waals surface area contributed by atoms with E-state index in [2.05, 4.69) is 5.32 Å². The van der Waals surface area contributed by atoms with Crippen molar-refractivity contribution in [3.63, 3.8) is 0 Å². The van der Waals surface area contributed by atoms with E-state index in [-0.39, 0.29) is 9.79 Å². The van der Waals surface area contributed by atoms with Crippen LogP contribution >= 0.6 is 23.4 Å². The number of sulfone groups is 1. The lowest BCUT2D eigenvalue weighted by atomic mass is 10.2. The first kappa shape index (κ1) is 15.6. The Bertz CT molecular complexity index is 1030. The molecule has 1 heterocycles. The quantitative estimate of drug-likeness (QED) is 0.512. The Morgan fingerprint density at radius 1 is 0.833 bits per heavy atom. The van der Waals surface area contributed by atoms with E-state index in [1.807, 2.05) is 30.3 Å². The van der Waals surface area contributed by atoms with Crippen molar-refractivity contribution in [1.29, 1.82) is 0 Å². The Kier molecular flexibility index (Phi) is 3.79. The van der Waals surface area contributed by atoms with Crippen LogP contribution in [0.4, 0.5) is 11.4 Å². The Balaban J connectivity index is 1.85. The molecule has 1 aliphatic rings. The largest absolute Gasteiger partial charge is 0.353 e. The number of hydrogen-bond donors (Lipinski definition) is 1. The fourth-order valence-electron chi connectivity index (χ4n) is 2.60. The number of hydrogen-bond acceptors (Lipinski definition) is 4. The highest BCUT2D eigenvalue weighted by Gasteiger charge is 2.26. The maximum atomic E-state index is 13.0. The van der Waals surface area contributed by atoms with Crippen LogP contribution in [-0.4, -0.2) is 8.42 Å². The van der Waals surface area contributed by atoms with Crippen molar-refractivity contribution in [2.24, 2.45) is 0 Å². The summed E-state index contributed by atoms with van der Waals surface area (Å²) in [7, 11) is -3.63. The van der Waals surface area contributed by atoms with Crippen LogP contribution in [-0.2, 0) is 9.84 Å². The second-order valence-electron chi connectivity index (χ2n) is 5.31. The summed E-state index contributed by atoms with van der Waals surface area (Å²) in [6, 6.07) is 19.4. The third-order valence-electron chi connectivity index (χ3n) is 3.77. The first-order valence-electron chi connectivity index (χ1n) is 7.23. The monoisotopic (exact) mass is 373 g/mol. The molecule has 0 saturated heterocycles. The number of rotatable bonds is 2. The minimum atomic E-state index is -3.63. The van der Waals surface area contributed by atoms with Gasteiger partial charge < -0.3 is 5.32 Å². The molecule has 0 fully saturated rings. The molecular formula is C18H12ClNO2S2. The minimum absolute atomic E-state index is 0.228. The van der Waals surface area contributed by atoms with Gasteiger partial charge in [0.25, 0.3) is 0 Å². The molecule has 0 amide bonds. The van der Waals surface area contributed by atoms with Crippen molar-refractivity contribution >= 4 is 44.6 Å². The molecule has 3 aromatic rings. The summed E-state index contributed by atoms with van der Waals surface area (Å²) in [6.07, 6.45) is 0. The number of benzene rings is 3. The van der Waals surface area contributed by atoms with Gasteiger partial charge in [-0.1, -0.05) is 41.6 Å². The van der Waals surface area contributed by atoms with Crippen LogP contribution < -0.4 is 5.32 Å². The van der Waals surface area contributed by atoms with Gasteiger partial charge in [0.15, 0.2) is 0 Å². The normalized spacial score (nSPS) is 12.9. The topological polar surface area (TPSA) is 46.2 Å². The Labute approximate surface area is 149 Å². The predicted molar refractivity (Wildman–Crippen MR) is 97.2 cm³/mol. The highest BCUT2D eigenvalue weighted by atomic mass is 35.5. The second-order valence-corrected chi connectivity index (χ2v) is 8.75. The van der Waals surface area contributed by atoms with E-state index in [0.29, 0.717) is 10.7 Å². The van der Waals surface area contributed by atoms with Gasteiger partial charge in [0.05, 0.1) is 21.2 Å². The molecule has 0 bridgehead atoms. The summed E-state index contributed by atoms with van der Waals surface area (Å²) in [4.78, 5) is 2.46. The fourth-order valence-corrected chi connectivity index (χ4v) is 5.24. The number of halogens is 1. The molecule has 24 heavy (non-hydrogen) atoms. The summed E-state index contributed by atoms with van der Waals surface area (Å²) >= 11 is 7.43. The van der Waals surface area contributed by atoms with Gasteiger partial charge in [0.1, 0.15) is 0 Å². The summed E-state index contributed by atoms with van der Waals surface area (Å²) in [5, 5.41) is 3.78. The van der Waals surface area contributed by atoms with Gasteiger partial charge in [-0.05, 0) is 48.5 Å². The van der Waals surface area contributed by atoms with Gasteiger partial charge >= 0.3 is 0 Å². The van der Waals surface area contributed by atoms with E-state index < -0.39 is 9.84 Å². The Morgan fingerprint density at radius 2 is 1.54 bits per heavy atom. The molecule has 120 valence electrons. The van der Waals surface area contributed by atoms with Crippen molar-refractivity contribution in [3.8, 4) is 0 Å². The zero-order chi connectivity index (χ0) is 16.7. The van der Waals surface area contributed by atoms with Crippen molar-refractivity contribution in [3.05, 3.63) is 71.8 Å². The van der Waals surface area contributed by atoms with Crippen LogP contribution in [0.15, 0.2) is 86.3 Å². The molecule has 1 aliphatic heterocycles. The third kappa shape index (κ3) is 2.59. The van der Waals surface area contributed by atoms with Gasteiger partial charge in [-0.25, -0.2) is 8.42 Å². The number of fused-ring (bicyclic) bond motifs is 2. The Hall–Kier alpha value is -1.95. The molecule has 0 spiro atoms. The molecule has 4 rings (SSSR count). The van der Waals surface area contributed by atoms with Crippen LogP contribution in [0, 0.1) is 0 Å². The lowest BCUT2D eigenvalue weighted by molar-refractivity contribution is 0.596. The van der Waals surface area contributed by atoms with E-state index in [9.17, 15) is 8.42 Å². The summed E-state index contributed by atoms with van der Waals surface area (Å²) in [6.45, 7) is 0. The maximum absolute atomic E-state index is 13.0. The standard InChI is InChI=1S/C18H12ClNO2S2/c19-12-8-10-13(11-9-12)24(21,22)17-7-3-6-16-18(17)20-14-4-1-2-5-15(14)23-16/h1-11,20H. The van der Waals surface area contributed by atoms with E-state index in [0.717, 1.165) is 15.5 Å². The van der Waals surface area contributed by atoms with Gasteiger partial charge in [-0.3, -0.25) is 0 Å². The zero-order valence-electron chi connectivity index (χ0n) is 12.4. The molecular weight excluding hydrogens is 362 g/mol. The molecule has 0 aromatic heterocycles. The predicted octanol–water partition coefficient (Wildman–Crippen LogP) is 5.38. The van der Waals surface area contributed by atoms with Crippen LogP contribution in [0.2, 0.25) is 5.02 Å². The first-order chi connectivity index (χ1) is 11.6. The first-order valence-corrected chi connectivity index (χ1v) is 9.91. The molecule has 0 aliphatic carbocycles. The summed E-state index contributed by atoms with van der Waals surface area (Å²) in [5.74, 6) is 0. The number of para-hydroxylation sites is 2. The molecule has 0 unspecified atom stereocenters. The Morgan fingerprint density at radius 3 is 2.33 bits per heavy atom. The molecule has 1 N–H and O–H groups in total. The minimum Gasteiger partial charge on any atom is -0.353 e. The van der Waals surface area contributed by atoms with E-state index in [1.165, 1.54) is 12.1 Å². The molecule has 0 atom stereocenters. The lowest BCUT2D eigenvalue weighted by Crippen LogP contribution is -2.09. The van der Waals surface area contributed by atoms with Gasteiger partial charge in [-0.15, -0.1) is 0 Å². The summed E-state index contributed by atoms with van der Waals surface area (Å²) < 4.78 is 26.1. The summed E-state index contributed by atoms with van der Waals surface area (Å²) in [5.41, 5.74) is 1.53. The van der Waals surface area contributed by atoms with Crippen molar-refractivity contribution in [2.45, 2.75) is 19.6 Å². The maximum Gasteiger partial charge on any atom is 0.208 e. The van der Waals surface area contributed by atoms with Crippen LogP contribution in [0.25, 0.3) is 0 Å². The molecule has 0 radical (unpaired) electrons. The smallest absolute Gasteiger partial charge is 0.208 e. The average Bonchev–Trinajstić information content (AvgIpc) is 2.59. The molecule has 3 nitrogen and oxygen atoms in total. The lowest BCUT2D eigenvalue weighted by Gasteiger charge is -2.23. The SMILES string of the molecule is O=S(=O)(c1ccc(Cl)cc1)c1cccc2c1Nc1ccccc1S2. The van der Waals surface area contributed by atoms with Gasteiger partial charge in [-0.2, -0.15) is 0 Å². The van der Waals surface area contributed by atoms with Gasteiger partial charge in [0, 0.05) is 14.8 Å². The van der Waals surface area contributed by atoms with Crippen LogP contribution in [0.5, 0.6) is 0 Å². The van der Waals surface area contributed by atoms with E-state index in [4.69, 9.17) is 11.6 Å². The van der Waals surface area contributed by atoms with Crippen LogP contribution in [0.3, 0.4) is 0 Å². The third-order valence-corrected chi connectivity index (χ3v) is 6.97. The second kappa shape index (κ2) is 5.84.